The molecule has 6 nitrogen and oxygen atoms in total. The van der Waals surface area contributed by atoms with Crippen LogP contribution in [0, 0.1) is 0 Å². The van der Waals surface area contributed by atoms with Crippen LogP contribution in [0.3, 0.4) is 0 Å². The Bertz CT molecular complexity index is 827. The molecule has 0 spiro atoms. The maximum atomic E-state index is 10.5. The molecule has 0 aliphatic rings. The van der Waals surface area contributed by atoms with Crippen molar-refractivity contribution in [2.75, 3.05) is 12.4 Å². The molecule has 0 saturated heterocycles. The molecule has 1 unspecified atom stereocenters. The Labute approximate surface area is 146 Å². The Kier molecular flexibility index (Phi) is 5.00. The van der Waals surface area contributed by atoms with Crippen molar-refractivity contribution in [3.63, 3.8) is 0 Å². The second-order valence-electron chi connectivity index (χ2n) is 6.09. The largest absolute Gasteiger partial charge is 0.496 e. The monoisotopic (exact) mass is 338 g/mol. The SMILES string of the molecule is COc1ccccc1C(O)c1nc(Nc2ccc(C(C)C)cc2)n[nH]1. The van der Waals surface area contributed by atoms with E-state index in [2.05, 4.69) is 46.5 Å². The van der Waals surface area contributed by atoms with Gasteiger partial charge in [0.05, 0.1) is 7.11 Å². The first-order valence-corrected chi connectivity index (χ1v) is 8.18. The number of aliphatic hydroxyl groups is 1. The zero-order chi connectivity index (χ0) is 17.8. The highest BCUT2D eigenvalue weighted by Crippen LogP contribution is 2.28. The average Bonchev–Trinajstić information content (AvgIpc) is 3.10. The Morgan fingerprint density at radius 1 is 1.08 bits per heavy atom. The Balaban J connectivity index is 1.75. The highest BCUT2D eigenvalue weighted by atomic mass is 16.5. The van der Waals surface area contributed by atoms with E-state index < -0.39 is 6.10 Å². The minimum atomic E-state index is -0.942. The first-order valence-electron chi connectivity index (χ1n) is 8.18. The van der Waals surface area contributed by atoms with Crippen LogP contribution in [0.4, 0.5) is 11.6 Å². The van der Waals surface area contributed by atoms with Crippen LogP contribution < -0.4 is 10.1 Å². The second-order valence-corrected chi connectivity index (χ2v) is 6.09. The molecule has 3 rings (SSSR count). The summed E-state index contributed by atoms with van der Waals surface area (Å²) in [5.41, 5.74) is 2.79. The molecular formula is C19H22N4O2. The summed E-state index contributed by atoms with van der Waals surface area (Å²) in [7, 11) is 1.57. The molecule has 3 N–H and O–H groups in total. The number of methoxy groups -OCH3 is 1. The number of ether oxygens (including phenoxy) is 1. The van der Waals surface area contributed by atoms with Gasteiger partial charge in [-0.15, -0.1) is 5.10 Å². The van der Waals surface area contributed by atoms with Gasteiger partial charge in [0.2, 0.25) is 5.95 Å². The number of H-pyrrole nitrogens is 1. The van der Waals surface area contributed by atoms with Gasteiger partial charge in [-0.2, -0.15) is 4.98 Å². The van der Waals surface area contributed by atoms with Crippen molar-refractivity contribution in [1.29, 1.82) is 0 Å². The number of nitrogens with one attached hydrogen (secondary N) is 2. The highest BCUT2D eigenvalue weighted by molar-refractivity contribution is 5.53. The summed E-state index contributed by atoms with van der Waals surface area (Å²) in [5, 5.41) is 20.6. The summed E-state index contributed by atoms with van der Waals surface area (Å²) in [5.74, 6) is 1.84. The van der Waals surface area contributed by atoms with E-state index in [1.165, 1.54) is 5.56 Å². The number of benzene rings is 2. The first kappa shape index (κ1) is 17.0. The number of rotatable bonds is 6. The lowest BCUT2D eigenvalue weighted by Gasteiger charge is -2.12. The van der Waals surface area contributed by atoms with Gasteiger partial charge in [0.25, 0.3) is 0 Å². The Morgan fingerprint density at radius 2 is 1.80 bits per heavy atom. The molecule has 2 aromatic carbocycles. The number of aliphatic hydroxyl groups excluding tert-OH is 1. The summed E-state index contributed by atoms with van der Waals surface area (Å²) < 4.78 is 5.28. The number of hydrogen-bond donors (Lipinski definition) is 3. The van der Waals surface area contributed by atoms with Crippen molar-refractivity contribution in [3.8, 4) is 5.75 Å². The van der Waals surface area contributed by atoms with Crippen LogP contribution in [-0.4, -0.2) is 27.4 Å². The predicted octanol–water partition coefficient (Wildman–Crippen LogP) is 3.76. The molecule has 1 heterocycles. The van der Waals surface area contributed by atoms with E-state index in [-0.39, 0.29) is 0 Å². The minimum Gasteiger partial charge on any atom is -0.496 e. The summed E-state index contributed by atoms with van der Waals surface area (Å²) in [6.07, 6.45) is -0.942. The van der Waals surface area contributed by atoms with Crippen LogP contribution in [0.25, 0.3) is 0 Å². The van der Waals surface area contributed by atoms with Gasteiger partial charge in [-0.3, -0.25) is 5.10 Å². The zero-order valence-corrected chi connectivity index (χ0v) is 14.5. The molecule has 0 aliphatic carbocycles. The molecule has 1 atom stereocenters. The normalized spacial score (nSPS) is 12.2. The van der Waals surface area contributed by atoms with Crippen LogP contribution >= 0.6 is 0 Å². The van der Waals surface area contributed by atoms with E-state index in [1.807, 2.05) is 24.3 Å². The molecular weight excluding hydrogens is 316 g/mol. The zero-order valence-electron chi connectivity index (χ0n) is 14.5. The smallest absolute Gasteiger partial charge is 0.246 e. The van der Waals surface area contributed by atoms with Crippen molar-refractivity contribution in [3.05, 3.63) is 65.5 Å². The van der Waals surface area contributed by atoms with Crippen LogP contribution in [0.2, 0.25) is 0 Å². The van der Waals surface area contributed by atoms with Crippen LogP contribution in [-0.2, 0) is 0 Å². The molecule has 0 saturated carbocycles. The van der Waals surface area contributed by atoms with E-state index in [4.69, 9.17) is 4.74 Å². The van der Waals surface area contributed by atoms with Crippen molar-refractivity contribution < 1.29 is 9.84 Å². The van der Waals surface area contributed by atoms with Gasteiger partial charge in [0.15, 0.2) is 5.82 Å². The highest BCUT2D eigenvalue weighted by Gasteiger charge is 2.19. The molecule has 0 aliphatic heterocycles. The fourth-order valence-electron chi connectivity index (χ4n) is 2.57. The van der Waals surface area contributed by atoms with Gasteiger partial charge < -0.3 is 15.2 Å². The third-order valence-corrected chi connectivity index (χ3v) is 4.03. The number of para-hydroxylation sites is 1. The fraction of sp³-hybridized carbons (Fsp3) is 0.263. The first-order chi connectivity index (χ1) is 12.1. The van der Waals surface area contributed by atoms with Crippen molar-refractivity contribution in [1.82, 2.24) is 15.2 Å². The number of nitrogens with zero attached hydrogens (tertiary/aromatic N) is 2. The molecule has 130 valence electrons. The predicted molar refractivity (Wildman–Crippen MR) is 97.3 cm³/mol. The minimum absolute atomic E-state index is 0.353. The van der Waals surface area contributed by atoms with Crippen LogP contribution in [0.5, 0.6) is 5.75 Å². The average molecular weight is 338 g/mol. The topological polar surface area (TPSA) is 83.1 Å². The van der Waals surface area contributed by atoms with Crippen molar-refractivity contribution in [2.45, 2.75) is 25.9 Å². The number of anilines is 2. The molecule has 1 aromatic heterocycles. The quantitative estimate of drug-likeness (QED) is 0.637. The van der Waals surface area contributed by atoms with E-state index >= 15 is 0 Å². The lowest BCUT2D eigenvalue weighted by Crippen LogP contribution is -2.04. The molecule has 6 heteroatoms. The molecule has 3 aromatic rings. The second kappa shape index (κ2) is 7.36. The van der Waals surface area contributed by atoms with Gasteiger partial charge in [-0.1, -0.05) is 44.2 Å². The van der Waals surface area contributed by atoms with Gasteiger partial charge in [-0.25, -0.2) is 0 Å². The van der Waals surface area contributed by atoms with Crippen molar-refractivity contribution in [2.24, 2.45) is 0 Å². The van der Waals surface area contributed by atoms with Gasteiger partial charge >= 0.3 is 0 Å². The molecule has 0 radical (unpaired) electrons. The lowest BCUT2D eigenvalue weighted by atomic mass is 10.0. The molecule has 25 heavy (non-hydrogen) atoms. The molecule has 0 amide bonds. The lowest BCUT2D eigenvalue weighted by molar-refractivity contribution is 0.205. The summed E-state index contributed by atoms with van der Waals surface area (Å²) >= 11 is 0. The van der Waals surface area contributed by atoms with E-state index in [1.54, 1.807) is 19.2 Å². The Morgan fingerprint density at radius 3 is 2.48 bits per heavy atom. The van der Waals surface area contributed by atoms with E-state index in [9.17, 15) is 5.11 Å². The standard InChI is InChI=1S/C19H22N4O2/c1-12(2)13-8-10-14(11-9-13)20-19-21-18(22-23-19)17(24)15-6-4-5-7-16(15)25-3/h4-12,17,24H,1-3H3,(H2,20,21,22,23). The van der Waals surface area contributed by atoms with Crippen molar-refractivity contribution >= 4 is 11.6 Å². The summed E-state index contributed by atoms with van der Waals surface area (Å²) in [6, 6.07) is 15.4. The third kappa shape index (κ3) is 3.80. The molecule has 0 fully saturated rings. The van der Waals surface area contributed by atoms with Gasteiger partial charge in [-0.05, 0) is 29.7 Å². The fourth-order valence-corrected chi connectivity index (χ4v) is 2.57. The molecule has 0 bridgehead atoms. The van der Waals surface area contributed by atoms with Gasteiger partial charge in [0, 0.05) is 11.3 Å². The van der Waals surface area contributed by atoms with Gasteiger partial charge in [0.1, 0.15) is 11.9 Å². The third-order valence-electron chi connectivity index (χ3n) is 4.03. The van der Waals surface area contributed by atoms with E-state index in [0.717, 1.165) is 5.69 Å². The number of aromatic amines is 1. The summed E-state index contributed by atoms with van der Waals surface area (Å²) in [6.45, 7) is 4.31. The number of aromatic nitrogens is 3. The van der Waals surface area contributed by atoms with E-state index in [0.29, 0.717) is 29.0 Å². The van der Waals surface area contributed by atoms with Crippen LogP contribution in [0.15, 0.2) is 48.5 Å². The Hall–Kier alpha value is -2.86. The number of hydrogen-bond acceptors (Lipinski definition) is 5. The van der Waals surface area contributed by atoms with Crippen LogP contribution in [0.1, 0.15) is 42.8 Å². The maximum absolute atomic E-state index is 10.5. The maximum Gasteiger partial charge on any atom is 0.246 e. The summed E-state index contributed by atoms with van der Waals surface area (Å²) in [4.78, 5) is 4.33.